The Morgan fingerprint density at radius 1 is 1.06 bits per heavy atom. The van der Waals surface area contributed by atoms with Gasteiger partial charge in [0.25, 0.3) is 5.91 Å². The first kappa shape index (κ1) is 23.1. The van der Waals surface area contributed by atoms with E-state index in [1.807, 2.05) is 19.1 Å². The fraction of sp³-hybridized carbons (Fsp3) is 0.273. The number of aromatic nitrogens is 3. The molecule has 0 unspecified atom stereocenters. The number of hydrogen-bond donors (Lipinski definition) is 2. The van der Waals surface area contributed by atoms with Crippen molar-refractivity contribution in [3.8, 4) is 11.5 Å². The van der Waals surface area contributed by atoms with E-state index in [1.165, 1.54) is 11.8 Å². The van der Waals surface area contributed by atoms with Crippen molar-refractivity contribution in [3.05, 3.63) is 59.9 Å². The molecule has 3 rings (SSSR count). The van der Waals surface area contributed by atoms with Crippen LogP contribution in [0.1, 0.15) is 29.1 Å². The van der Waals surface area contributed by atoms with Gasteiger partial charge in [0.05, 0.1) is 31.7 Å². The van der Waals surface area contributed by atoms with Gasteiger partial charge in [-0.2, -0.15) is 0 Å². The fourth-order valence-corrected chi connectivity index (χ4v) is 3.70. The minimum absolute atomic E-state index is 0.149. The molecule has 0 bridgehead atoms. The highest BCUT2D eigenvalue weighted by atomic mass is 32.2. The van der Waals surface area contributed by atoms with Gasteiger partial charge in [0.1, 0.15) is 11.5 Å². The Labute approximate surface area is 190 Å². The highest BCUT2D eigenvalue weighted by Crippen LogP contribution is 2.24. The van der Waals surface area contributed by atoms with Crippen molar-refractivity contribution in [2.75, 3.05) is 25.3 Å². The molecule has 32 heavy (non-hydrogen) atoms. The van der Waals surface area contributed by atoms with Crippen LogP contribution in [0.15, 0.2) is 53.7 Å². The molecule has 0 fully saturated rings. The number of anilines is 1. The highest BCUT2D eigenvalue weighted by molar-refractivity contribution is 7.99. The van der Waals surface area contributed by atoms with Crippen molar-refractivity contribution < 1.29 is 19.1 Å². The van der Waals surface area contributed by atoms with E-state index in [2.05, 4.69) is 20.8 Å². The molecule has 0 spiro atoms. The molecule has 1 aromatic heterocycles. The number of thioether (sulfide) groups is 1. The Bertz CT molecular complexity index is 1080. The lowest BCUT2D eigenvalue weighted by atomic mass is 10.2. The third-order valence-electron chi connectivity index (χ3n) is 4.67. The SMILES string of the molecule is COc1ccc(C(=O)N[C@H](C)c2nnc(SCC(=O)Nc3ccccc3OC)n2C)cc1. The third-order valence-corrected chi connectivity index (χ3v) is 5.69. The van der Waals surface area contributed by atoms with Gasteiger partial charge in [-0.15, -0.1) is 10.2 Å². The molecule has 3 aromatic rings. The minimum Gasteiger partial charge on any atom is -0.497 e. The summed E-state index contributed by atoms with van der Waals surface area (Å²) in [4.78, 5) is 24.9. The van der Waals surface area contributed by atoms with Gasteiger partial charge < -0.3 is 24.7 Å². The summed E-state index contributed by atoms with van der Waals surface area (Å²) in [5.74, 6) is 1.59. The lowest BCUT2D eigenvalue weighted by molar-refractivity contribution is -0.113. The van der Waals surface area contributed by atoms with Crippen LogP contribution >= 0.6 is 11.8 Å². The Kier molecular flexibility index (Phi) is 7.72. The summed E-state index contributed by atoms with van der Waals surface area (Å²) in [7, 11) is 4.92. The number of nitrogens with one attached hydrogen (secondary N) is 2. The number of para-hydroxylation sites is 2. The average Bonchev–Trinajstić information content (AvgIpc) is 3.18. The number of hydrogen-bond acceptors (Lipinski definition) is 7. The molecule has 2 N–H and O–H groups in total. The quantitative estimate of drug-likeness (QED) is 0.478. The zero-order chi connectivity index (χ0) is 23.1. The van der Waals surface area contributed by atoms with Crippen LogP contribution in [-0.4, -0.2) is 46.6 Å². The first-order valence-electron chi connectivity index (χ1n) is 9.82. The molecule has 1 heterocycles. The van der Waals surface area contributed by atoms with Crippen molar-refractivity contribution in [1.82, 2.24) is 20.1 Å². The van der Waals surface area contributed by atoms with E-state index in [1.54, 1.807) is 62.2 Å². The third kappa shape index (κ3) is 5.58. The molecular weight excluding hydrogens is 430 g/mol. The number of rotatable bonds is 9. The van der Waals surface area contributed by atoms with Gasteiger partial charge in [-0.1, -0.05) is 23.9 Å². The zero-order valence-corrected chi connectivity index (χ0v) is 19.1. The van der Waals surface area contributed by atoms with Gasteiger partial charge in [-0.25, -0.2) is 0 Å². The predicted molar refractivity (Wildman–Crippen MR) is 122 cm³/mol. The van der Waals surface area contributed by atoms with E-state index < -0.39 is 0 Å². The molecule has 0 aliphatic carbocycles. The van der Waals surface area contributed by atoms with Crippen LogP contribution in [0.3, 0.4) is 0 Å². The van der Waals surface area contributed by atoms with Gasteiger partial charge in [0, 0.05) is 12.6 Å². The normalized spacial score (nSPS) is 11.5. The summed E-state index contributed by atoms with van der Waals surface area (Å²) in [5.41, 5.74) is 1.12. The molecule has 0 radical (unpaired) electrons. The second-order valence-corrected chi connectivity index (χ2v) is 7.80. The van der Waals surface area contributed by atoms with E-state index in [-0.39, 0.29) is 23.6 Å². The molecule has 0 aliphatic heterocycles. The summed E-state index contributed by atoms with van der Waals surface area (Å²) in [6, 6.07) is 13.7. The maximum absolute atomic E-state index is 12.5. The largest absolute Gasteiger partial charge is 0.497 e. The molecule has 168 valence electrons. The molecule has 0 aliphatic rings. The minimum atomic E-state index is -0.376. The van der Waals surface area contributed by atoms with Crippen molar-refractivity contribution in [2.24, 2.45) is 7.05 Å². The van der Waals surface area contributed by atoms with Gasteiger partial charge in [-0.3, -0.25) is 9.59 Å². The number of carbonyl (C=O) groups excluding carboxylic acids is 2. The zero-order valence-electron chi connectivity index (χ0n) is 18.3. The Morgan fingerprint density at radius 3 is 2.47 bits per heavy atom. The maximum Gasteiger partial charge on any atom is 0.251 e. The fourth-order valence-electron chi connectivity index (χ4n) is 2.98. The summed E-state index contributed by atoms with van der Waals surface area (Å²) >= 11 is 1.26. The van der Waals surface area contributed by atoms with Crippen LogP contribution in [0, 0.1) is 0 Å². The smallest absolute Gasteiger partial charge is 0.251 e. The van der Waals surface area contributed by atoms with E-state index >= 15 is 0 Å². The maximum atomic E-state index is 12.5. The van der Waals surface area contributed by atoms with Crippen LogP contribution in [0.2, 0.25) is 0 Å². The summed E-state index contributed by atoms with van der Waals surface area (Å²) in [6.07, 6.45) is 0. The molecular formula is C22H25N5O4S. The Morgan fingerprint density at radius 2 is 1.78 bits per heavy atom. The number of amides is 2. The molecule has 9 nitrogen and oxygen atoms in total. The molecule has 10 heteroatoms. The van der Waals surface area contributed by atoms with Crippen LogP contribution in [0.25, 0.3) is 0 Å². The second kappa shape index (κ2) is 10.7. The van der Waals surface area contributed by atoms with Crippen molar-refractivity contribution >= 4 is 29.3 Å². The van der Waals surface area contributed by atoms with Crippen LogP contribution in [0.4, 0.5) is 5.69 Å². The molecule has 2 amide bonds. The van der Waals surface area contributed by atoms with Gasteiger partial charge in [-0.05, 0) is 43.3 Å². The highest BCUT2D eigenvalue weighted by Gasteiger charge is 2.19. The summed E-state index contributed by atoms with van der Waals surface area (Å²) in [5, 5.41) is 14.6. The van der Waals surface area contributed by atoms with E-state index in [9.17, 15) is 9.59 Å². The van der Waals surface area contributed by atoms with Crippen LogP contribution in [-0.2, 0) is 11.8 Å². The van der Waals surface area contributed by atoms with E-state index in [4.69, 9.17) is 9.47 Å². The monoisotopic (exact) mass is 455 g/mol. The summed E-state index contributed by atoms with van der Waals surface area (Å²) < 4.78 is 12.1. The average molecular weight is 456 g/mol. The van der Waals surface area contributed by atoms with Gasteiger partial charge >= 0.3 is 0 Å². The number of methoxy groups -OCH3 is 2. The predicted octanol–water partition coefficient (Wildman–Crippen LogP) is 3.05. The van der Waals surface area contributed by atoms with Gasteiger partial charge in [0.15, 0.2) is 11.0 Å². The van der Waals surface area contributed by atoms with E-state index in [0.29, 0.717) is 33.7 Å². The van der Waals surface area contributed by atoms with Crippen LogP contribution < -0.4 is 20.1 Å². The lowest BCUT2D eigenvalue weighted by Gasteiger charge is -2.14. The number of ether oxygens (including phenoxy) is 2. The number of benzene rings is 2. The molecule has 2 aromatic carbocycles. The Hall–Kier alpha value is -3.53. The van der Waals surface area contributed by atoms with Gasteiger partial charge in [0.2, 0.25) is 5.91 Å². The molecule has 0 saturated carbocycles. The van der Waals surface area contributed by atoms with Crippen molar-refractivity contribution in [1.29, 1.82) is 0 Å². The summed E-state index contributed by atoms with van der Waals surface area (Å²) in [6.45, 7) is 1.83. The first-order valence-corrected chi connectivity index (χ1v) is 10.8. The van der Waals surface area contributed by atoms with Crippen molar-refractivity contribution in [2.45, 2.75) is 18.1 Å². The molecule has 1 atom stereocenters. The lowest BCUT2D eigenvalue weighted by Crippen LogP contribution is -2.28. The topological polar surface area (TPSA) is 107 Å². The Balaban J connectivity index is 1.58. The molecule has 0 saturated heterocycles. The van der Waals surface area contributed by atoms with Crippen LogP contribution in [0.5, 0.6) is 11.5 Å². The number of nitrogens with zero attached hydrogens (tertiary/aromatic N) is 3. The van der Waals surface area contributed by atoms with E-state index in [0.717, 1.165) is 0 Å². The second-order valence-electron chi connectivity index (χ2n) is 6.86. The standard InChI is InChI=1S/C22H25N5O4S/c1-14(23-21(29)15-9-11-16(30-3)12-10-15)20-25-26-22(27(20)2)32-13-19(28)24-17-7-5-6-8-18(17)31-4/h5-12,14H,13H2,1-4H3,(H,23,29)(H,24,28)/t14-/m1/s1. The number of carbonyl (C=O) groups is 2. The van der Waals surface area contributed by atoms with Crippen molar-refractivity contribution in [3.63, 3.8) is 0 Å². The first-order chi connectivity index (χ1) is 15.4.